The lowest BCUT2D eigenvalue weighted by atomic mass is 9.78. The second kappa shape index (κ2) is 5.55. The summed E-state index contributed by atoms with van der Waals surface area (Å²) in [6, 6.07) is 0.520. The Balaban J connectivity index is 2.13. The first-order chi connectivity index (χ1) is 8.59. The van der Waals surface area contributed by atoms with E-state index in [0.29, 0.717) is 17.8 Å². The molecule has 0 saturated heterocycles. The van der Waals surface area contributed by atoms with Crippen molar-refractivity contribution >= 4 is 11.6 Å². The molecule has 4 nitrogen and oxygen atoms in total. The van der Waals surface area contributed by atoms with Crippen molar-refractivity contribution in [1.29, 1.82) is 0 Å². The Kier molecular flexibility index (Phi) is 4.04. The van der Waals surface area contributed by atoms with E-state index in [0.717, 1.165) is 17.3 Å². The topological polar surface area (TPSA) is 63.8 Å². The molecule has 1 aromatic heterocycles. The van der Waals surface area contributed by atoms with Gasteiger partial charge < -0.3 is 11.1 Å². The molecule has 0 aromatic carbocycles. The number of hydrogen-bond donors (Lipinski definition) is 2. The van der Waals surface area contributed by atoms with Crippen LogP contribution in [0.4, 0.5) is 11.6 Å². The van der Waals surface area contributed by atoms with Crippen molar-refractivity contribution < 1.29 is 0 Å². The first-order valence-corrected chi connectivity index (χ1v) is 6.93. The van der Waals surface area contributed by atoms with Gasteiger partial charge in [0.05, 0.1) is 0 Å². The van der Waals surface area contributed by atoms with Crippen molar-refractivity contribution in [2.75, 3.05) is 11.1 Å². The van der Waals surface area contributed by atoms with Gasteiger partial charge in [0.2, 0.25) is 0 Å². The molecule has 1 aromatic rings. The largest absolute Gasteiger partial charge is 0.383 e. The monoisotopic (exact) mass is 248 g/mol. The maximum atomic E-state index is 5.83. The molecule has 2 unspecified atom stereocenters. The van der Waals surface area contributed by atoms with Crippen LogP contribution in [0.3, 0.4) is 0 Å². The Hall–Kier alpha value is -1.32. The average Bonchev–Trinajstić information content (AvgIpc) is 2.35. The number of hydrogen-bond acceptors (Lipinski definition) is 4. The van der Waals surface area contributed by atoms with E-state index in [1.807, 2.05) is 6.92 Å². The predicted molar refractivity (Wildman–Crippen MR) is 75.4 cm³/mol. The molecular weight excluding hydrogens is 224 g/mol. The minimum Gasteiger partial charge on any atom is -0.383 e. The maximum absolute atomic E-state index is 5.83. The van der Waals surface area contributed by atoms with Crippen molar-refractivity contribution in [3.05, 3.63) is 11.9 Å². The predicted octanol–water partition coefficient (Wildman–Crippen LogP) is 2.99. The molecule has 1 aliphatic rings. The third-order valence-electron chi connectivity index (χ3n) is 4.12. The summed E-state index contributed by atoms with van der Waals surface area (Å²) in [6.45, 7) is 6.60. The summed E-state index contributed by atoms with van der Waals surface area (Å²) < 4.78 is 0. The second-order valence-corrected chi connectivity index (χ2v) is 5.68. The van der Waals surface area contributed by atoms with Crippen LogP contribution in [-0.2, 0) is 0 Å². The number of nitrogens with one attached hydrogen (secondary N) is 1. The maximum Gasteiger partial charge on any atom is 0.134 e. The van der Waals surface area contributed by atoms with Crippen LogP contribution in [0.1, 0.15) is 45.1 Å². The van der Waals surface area contributed by atoms with Crippen LogP contribution in [-0.4, -0.2) is 16.0 Å². The summed E-state index contributed by atoms with van der Waals surface area (Å²) in [4.78, 5) is 8.34. The highest BCUT2D eigenvalue weighted by molar-refractivity contribution is 5.54. The fraction of sp³-hybridized carbons (Fsp3) is 0.714. The quantitative estimate of drug-likeness (QED) is 0.863. The van der Waals surface area contributed by atoms with Gasteiger partial charge in [0.25, 0.3) is 0 Å². The van der Waals surface area contributed by atoms with Crippen molar-refractivity contribution in [3.8, 4) is 0 Å². The van der Waals surface area contributed by atoms with E-state index in [9.17, 15) is 0 Å². The average molecular weight is 248 g/mol. The Morgan fingerprint density at radius 1 is 1.28 bits per heavy atom. The molecular formula is C14H24N4. The molecule has 4 heteroatoms. The van der Waals surface area contributed by atoms with Crippen molar-refractivity contribution in [2.24, 2.45) is 11.8 Å². The highest BCUT2D eigenvalue weighted by Crippen LogP contribution is 2.32. The molecule has 1 fully saturated rings. The lowest BCUT2D eigenvalue weighted by Crippen LogP contribution is -2.35. The van der Waals surface area contributed by atoms with Crippen LogP contribution >= 0.6 is 0 Å². The van der Waals surface area contributed by atoms with E-state index in [4.69, 9.17) is 5.73 Å². The van der Waals surface area contributed by atoms with Crippen LogP contribution in [0.25, 0.3) is 0 Å². The molecule has 0 spiro atoms. The molecule has 2 atom stereocenters. The number of nitrogens with two attached hydrogens (primary N) is 1. The van der Waals surface area contributed by atoms with Gasteiger partial charge in [-0.3, -0.25) is 0 Å². The van der Waals surface area contributed by atoms with Crippen LogP contribution in [0.15, 0.2) is 6.33 Å². The molecule has 0 bridgehead atoms. The normalized spacial score (nSPS) is 24.2. The van der Waals surface area contributed by atoms with Gasteiger partial charge in [-0.05, 0) is 31.6 Å². The third-order valence-corrected chi connectivity index (χ3v) is 4.12. The zero-order valence-electron chi connectivity index (χ0n) is 11.6. The first kappa shape index (κ1) is 13.1. The van der Waals surface area contributed by atoms with Crippen molar-refractivity contribution in [1.82, 2.24) is 9.97 Å². The number of nitrogen functional groups attached to an aromatic ring is 1. The van der Waals surface area contributed by atoms with Gasteiger partial charge in [-0.15, -0.1) is 0 Å². The number of anilines is 2. The standard InChI is InChI=1S/C14H24N4/c1-9(2)11-6-4-5-7-12(11)18-14-10(3)13(15)16-8-17-14/h8-9,11-12H,4-7H2,1-3H3,(H3,15,16,17,18). The van der Waals surface area contributed by atoms with Crippen LogP contribution in [0.5, 0.6) is 0 Å². The second-order valence-electron chi connectivity index (χ2n) is 5.68. The molecule has 1 aliphatic carbocycles. The van der Waals surface area contributed by atoms with Crippen LogP contribution < -0.4 is 11.1 Å². The summed E-state index contributed by atoms with van der Waals surface area (Å²) in [5.74, 6) is 2.92. The fourth-order valence-corrected chi connectivity index (χ4v) is 2.92. The Morgan fingerprint density at radius 2 is 2.00 bits per heavy atom. The van der Waals surface area contributed by atoms with E-state index in [1.54, 1.807) is 0 Å². The highest BCUT2D eigenvalue weighted by atomic mass is 15.1. The van der Waals surface area contributed by atoms with Gasteiger partial charge in [0, 0.05) is 11.6 Å². The van der Waals surface area contributed by atoms with Crippen molar-refractivity contribution in [2.45, 2.75) is 52.5 Å². The summed E-state index contributed by atoms with van der Waals surface area (Å²) >= 11 is 0. The van der Waals surface area contributed by atoms with Gasteiger partial charge in [0.1, 0.15) is 18.0 Å². The van der Waals surface area contributed by atoms with Gasteiger partial charge >= 0.3 is 0 Å². The van der Waals surface area contributed by atoms with Gasteiger partial charge in [-0.25, -0.2) is 9.97 Å². The molecule has 0 amide bonds. The molecule has 1 saturated carbocycles. The van der Waals surface area contributed by atoms with E-state index in [2.05, 4.69) is 29.1 Å². The summed E-state index contributed by atoms with van der Waals surface area (Å²) in [7, 11) is 0. The Labute approximate surface area is 109 Å². The lowest BCUT2D eigenvalue weighted by Gasteiger charge is -2.35. The van der Waals surface area contributed by atoms with Crippen LogP contribution in [0.2, 0.25) is 0 Å². The zero-order valence-corrected chi connectivity index (χ0v) is 11.6. The third kappa shape index (κ3) is 2.74. The Bertz CT molecular complexity index is 403. The molecule has 1 heterocycles. The Morgan fingerprint density at radius 3 is 2.72 bits per heavy atom. The summed E-state index contributed by atoms with van der Waals surface area (Å²) in [5, 5.41) is 3.59. The molecule has 100 valence electrons. The van der Waals surface area contributed by atoms with E-state index in [-0.39, 0.29) is 0 Å². The van der Waals surface area contributed by atoms with Crippen LogP contribution in [0, 0.1) is 18.8 Å². The van der Waals surface area contributed by atoms with Gasteiger partial charge in [-0.1, -0.05) is 26.7 Å². The van der Waals surface area contributed by atoms with Gasteiger partial charge in [-0.2, -0.15) is 0 Å². The van der Waals surface area contributed by atoms with Crippen molar-refractivity contribution in [3.63, 3.8) is 0 Å². The zero-order chi connectivity index (χ0) is 13.1. The SMILES string of the molecule is Cc1c(N)ncnc1NC1CCCCC1C(C)C. The highest BCUT2D eigenvalue weighted by Gasteiger charge is 2.28. The smallest absolute Gasteiger partial charge is 0.134 e. The number of aromatic nitrogens is 2. The first-order valence-electron chi connectivity index (χ1n) is 6.93. The minimum absolute atomic E-state index is 0.520. The molecule has 0 radical (unpaired) electrons. The lowest BCUT2D eigenvalue weighted by molar-refractivity contribution is 0.253. The molecule has 2 rings (SSSR count). The number of rotatable bonds is 3. The van der Waals surface area contributed by atoms with E-state index < -0.39 is 0 Å². The number of nitrogens with zero attached hydrogens (tertiary/aromatic N) is 2. The van der Waals surface area contributed by atoms with E-state index >= 15 is 0 Å². The van der Waals surface area contributed by atoms with E-state index in [1.165, 1.54) is 32.0 Å². The fourth-order valence-electron chi connectivity index (χ4n) is 2.92. The summed E-state index contributed by atoms with van der Waals surface area (Å²) in [6.07, 6.45) is 6.74. The molecule has 0 aliphatic heterocycles. The molecule has 18 heavy (non-hydrogen) atoms. The summed E-state index contributed by atoms with van der Waals surface area (Å²) in [5.41, 5.74) is 6.79. The molecule has 3 N–H and O–H groups in total. The minimum atomic E-state index is 0.520. The van der Waals surface area contributed by atoms with Gasteiger partial charge in [0.15, 0.2) is 0 Å².